The van der Waals surface area contributed by atoms with Gasteiger partial charge >= 0.3 is 6.03 Å². The van der Waals surface area contributed by atoms with Crippen molar-refractivity contribution >= 4 is 6.03 Å². The maximum atomic E-state index is 13.0. The van der Waals surface area contributed by atoms with Crippen molar-refractivity contribution in [1.82, 2.24) is 10.6 Å². The van der Waals surface area contributed by atoms with Gasteiger partial charge < -0.3 is 20.5 Å². The largest absolute Gasteiger partial charge is 0.489 e. The number of rotatable bonds is 8. The number of halogens is 1. The molecule has 2 atom stereocenters. The molecule has 0 aliphatic carbocycles. The second kappa shape index (κ2) is 9.18. The lowest BCUT2D eigenvalue weighted by Gasteiger charge is -2.16. The van der Waals surface area contributed by atoms with E-state index >= 15 is 0 Å². The minimum Gasteiger partial charge on any atom is -0.489 e. The molecule has 0 aliphatic rings. The normalized spacial score (nSPS) is 13.3. The maximum absolute atomic E-state index is 13.0. The van der Waals surface area contributed by atoms with Crippen molar-refractivity contribution in [2.75, 3.05) is 13.1 Å². The summed E-state index contributed by atoms with van der Waals surface area (Å²) >= 11 is 0. The Kier molecular flexibility index (Phi) is 7.53. The number of hydrogen-bond donors (Lipinski definition) is 3. The first-order valence-corrected chi connectivity index (χ1v) is 7.13. The van der Waals surface area contributed by atoms with E-state index < -0.39 is 6.10 Å². The van der Waals surface area contributed by atoms with Crippen molar-refractivity contribution in [2.24, 2.45) is 0 Å². The molecular weight excluding hydrogens is 275 g/mol. The van der Waals surface area contributed by atoms with E-state index in [2.05, 4.69) is 10.6 Å². The Hall–Kier alpha value is -1.82. The Morgan fingerprint density at radius 3 is 2.76 bits per heavy atom. The third-order valence-corrected chi connectivity index (χ3v) is 2.80. The zero-order chi connectivity index (χ0) is 15.7. The van der Waals surface area contributed by atoms with Gasteiger partial charge in [-0.1, -0.05) is 19.4 Å². The molecule has 1 aromatic rings. The van der Waals surface area contributed by atoms with Gasteiger partial charge in [0.1, 0.15) is 17.7 Å². The fourth-order valence-corrected chi connectivity index (χ4v) is 1.76. The van der Waals surface area contributed by atoms with Crippen molar-refractivity contribution < 1.29 is 19.0 Å². The molecule has 1 aromatic carbocycles. The van der Waals surface area contributed by atoms with Gasteiger partial charge in [0.2, 0.25) is 0 Å². The lowest BCUT2D eigenvalue weighted by Crippen LogP contribution is -2.43. The first-order chi connectivity index (χ1) is 10.0. The van der Waals surface area contributed by atoms with E-state index in [4.69, 9.17) is 4.74 Å². The van der Waals surface area contributed by atoms with Gasteiger partial charge in [-0.15, -0.1) is 0 Å². The van der Waals surface area contributed by atoms with Gasteiger partial charge in [0.05, 0.1) is 12.6 Å². The Bertz CT molecular complexity index is 443. The molecule has 0 saturated heterocycles. The Balaban J connectivity index is 2.23. The molecule has 21 heavy (non-hydrogen) atoms. The van der Waals surface area contributed by atoms with Gasteiger partial charge in [-0.2, -0.15) is 0 Å². The monoisotopic (exact) mass is 298 g/mol. The van der Waals surface area contributed by atoms with E-state index in [1.165, 1.54) is 12.1 Å². The first kappa shape index (κ1) is 17.2. The molecule has 0 saturated carbocycles. The fraction of sp³-hybridized carbons (Fsp3) is 0.533. The lowest BCUT2D eigenvalue weighted by atomic mass is 10.2. The molecule has 2 unspecified atom stereocenters. The van der Waals surface area contributed by atoms with Crippen LogP contribution in [0.15, 0.2) is 24.3 Å². The number of nitrogens with one attached hydrogen (secondary N) is 2. The van der Waals surface area contributed by atoms with Crippen molar-refractivity contribution in [2.45, 2.75) is 38.9 Å². The SMILES string of the molecule is CCCC(O)CNC(=O)NCC(C)Oc1cccc(F)c1. The van der Waals surface area contributed by atoms with Crippen LogP contribution in [-0.2, 0) is 0 Å². The summed E-state index contributed by atoms with van der Waals surface area (Å²) in [4.78, 5) is 11.5. The molecule has 0 spiro atoms. The number of amides is 2. The van der Waals surface area contributed by atoms with Gasteiger partial charge in [0.15, 0.2) is 0 Å². The van der Waals surface area contributed by atoms with E-state index in [0.717, 1.165) is 6.42 Å². The van der Waals surface area contributed by atoms with E-state index in [1.807, 2.05) is 6.92 Å². The van der Waals surface area contributed by atoms with Crippen LogP contribution >= 0.6 is 0 Å². The quantitative estimate of drug-likeness (QED) is 0.688. The van der Waals surface area contributed by atoms with Crippen molar-refractivity contribution in [3.05, 3.63) is 30.1 Å². The number of benzene rings is 1. The molecule has 0 aliphatic heterocycles. The lowest BCUT2D eigenvalue weighted by molar-refractivity contribution is 0.159. The Labute approximate surface area is 124 Å². The van der Waals surface area contributed by atoms with Gasteiger partial charge in [-0.05, 0) is 25.5 Å². The summed E-state index contributed by atoms with van der Waals surface area (Å²) in [6, 6.07) is 5.48. The number of carbonyl (C=O) groups is 1. The van der Waals surface area contributed by atoms with Crippen LogP contribution in [0, 0.1) is 5.82 Å². The predicted molar refractivity (Wildman–Crippen MR) is 78.8 cm³/mol. The summed E-state index contributed by atoms with van der Waals surface area (Å²) in [7, 11) is 0. The van der Waals surface area contributed by atoms with Crippen LogP contribution in [0.3, 0.4) is 0 Å². The number of aliphatic hydroxyl groups excluding tert-OH is 1. The highest BCUT2D eigenvalue weighted by atomic mass is 19.1. The van der Waals surface area contributed by atoms with Crippen LogP contribution in [0.25, 0.3) is 0 Å². The molecular formula is C15H23FN2O3. The molecule has 0 fully saturated rings. The Morgan fingerprint density at radius 2 is 2.10 bits per heavy atom. The van der Waals surface area contributed by atoms with E-state index in [0.29, 0.717) is 12.2 Å². The van der Waals surface area contributed by atoms with E-state index in [-0.39, 0.29) is 31.0 Å². The van der Waals surface area contributed by atoms with Crippen LogP contribution in [0.4, 0.5) is 9.18 Å². The summed E-state index contributed by atoms with van der Waals surface area (Å²) < 4.78 is 18.5. The molecule has 1 rings (SSSR count). The molecule has 6 heteroatoms. The summed E-state index contributed by atoms with van der Waals surface area (Å²) in [6.07, 6.45) is 0.697. The number of urea groups is 1. The standard InChI is InChI=1S/C15H23FN2O3/c1-3-5-13(19)10-18-15(20)17-9-11(2)21-14-7-4-6-12(16)8-14/h4,6-8,11,13,19H,3,5,9-10H2,1-2H3,(H2,17,18,20). The molecule has 0 aromatic heterocycles. The molecule has 5 nitrogen and oxygen atoms in total. The van der Waals surface area contributed by atoms with Crippen LogP contribution in [0.1, 0.15) is 26.7 Å². The Morgan fingerprint density at radius 1 is 1.38 bits per heavy atom. The van der Waals surface area contributed by atoms with Gasteiger partial charge in [-0.25, -0.2) is 9.18 Å². The average molecular weight is 298 g/mol. The fourth-order valence-electron chi connectivity index (χ4n) is 1.76. The third kappa shape index (κ3) is 7.51. The number of carbonyl (C=O) groups excluding carboxylic acids is 1. The van der Waals surface area contributed by atoms with Crippen LogP contribution in [0.5, 0.6) is 5.75 Å². The van der Waals surface area contributed by atoms with E-state index in [1.54, 1.807) is 19.1 Å². The highest BCUT2D eigenvalue weighted by molar-refractivity contribution is 5.73. The minimum absolute atomic E-state index is 0.221. The molecule has 2 amide bonds. The van der Waals surface area contributed by atoms with Gasteiger partial charge in [0, 0.05) is 12.6 Å². The van der Waals surface area contributed by atoms with Crippen molar-refractivity contribution in [3.8, 4) is 5.75 Å². The molecule has 0 radical (unpaired) electrons. The second-order valence-corrected chi connectivity index (χ2v) is 4.92. The first-order valence-electron chi connectivity index (χ1n) is 7.13. The van der Waals surface area contributed by atoms with E-state index in [9.17, 15) is 14.3 Å². The maximum Gasteiger partial charge on any atom is 0.315 e. The highest BCUT2D eigenvalue weighted by Gasteiger charge is 2.09. The topological polar surface area (TPSA) is 70.6 Å². The molecule has 0 bridgehead atoms. The zero-order valence-electron chi connectivity index (χ0n) is 12.4. The average Bonchev–Trinajstić information content (AvgIpc) is 2.43. The summed E-state index contributed by atoms with van der Waals surface area (Å²) in [5, 5.41) is 14.7. The summed E-state index contributed by atoms with van der Waals surface area (Å²) in [5.41, 5.74) is 0. The van der Waals surface area contributed by atoms with Crippen LogP contribution in [-0.4, -0.2) is 36.4 Å². The molecule has 118 valence electrons. The third-order valence-electron chi connectivity index (χ3n) is 2.80. The highest BCUT2D eigenvalue weighted by Crippen LogP contribution is 2.13. The smallest absolute Gasteiger partial charge is 0.315 e. The summed E-state index contributed by atoms with van der Waals surface area (Å²) in [5.74, 6) is 0.0541. The van der Waals surface area contributed by atoms with Crippen molar-refractivity contribution in [3.63, 3.8) is 0 Å². The molecule has 0 heterocycles. The van der Waals surface area contributed by atoms with Crippen LogP contribution < -0.4 is 15.4 Å². The number of aliphatic hydroxyl groups is 1. The summed E-state index contributed by atoms with van der Waals surface area (Å²) in [6.45, 7) is 4.25. The predicted octanol–water partition coefficient (Wildman–Crippen LogP) is 2.05. The van der Waals surface area contributed by atoms with Gasteiger partial charge in [-0.3, -0.25) is 0 Å². The number of hydrogen-bond acceptors (Lipinski definition) is 3. The second-order valence-electron chi connectivity index (χ2n) is 4.92. The van der Waals surface area contributed by atoms with Crippen LogP contribution in [0.2, 0.25) is 0 Å². The van der Waals surface area contributed by atoms with Crippen molar-refractivity contribution in [1.29, 1.82) is 0 Å². The molecule has 3 N–H and O–H groups in total. The van der Waals surface area contributed by atoms with Gasteiger partial charge in [0.25, 0.3) is 0 Å². The minimum atomic E-state index is -0.526. The number of ether oxygens (including phenoxy) is 1. The zero-order valence-corrected chi connectivity index (χ0v) is 12.4.